The second-order valence-corrected chi connectivity index (χ2v) is 6.93. The molecule has 1 aliphatic heterocycles. The highest BCUT2D eigenvalue weighted by Crippen LogP contribution is 2.18. The summed E-state index contributed by atoms with van der Waals surface area (Å²) in [7, 11) is -3.29. The minimum absolute atomic E-state index is 0.196. The van der Waals surface area contributed by atoms with Crippen molar-refractivity contribution >= 4 is 15.7 Å². The van der Waals surface area contributed by atoms with Gasteiger partial charge in [-0.3, -0.25) is 9.71 Å². The average Bonchev–Trinajstić information content (AvgIpc) is 2.33. The normalized spacial score (nSPS) is 17.4. The summed E-state index contributed by atoms with van der Waals surface area (Å²) in [5, 5.41) is 3.24. The number of nitrogens with zero attached hydrogens (tertiary/aromatic N) is 1. The molecule has 0 aliphatic carbocycles. The number of nitrogens with one attached hydrogen (secondary N) is 2. The maximum Gasteiger partial charge on any atom is 0.233 e. The number of aromatic nitrogens is 1. The van der Waals surface area contributed by atoms with Gasteiger partial charge in [0.1, 0.15) is 0 Å². The van der Waals surface area contributed by atoms with Crippen molar-refractivity contribution in [1.29, 1.82) is 0 Å². The SMILES string of the molecule is Cc1ccc(NS(=O)(=O)CC2CCNCC2)c(C)n1. The minimum atomic E-state index is -3.29. The number of pyridine rings is 1. The van der Waals surface area contributed by atoms with Crippen molar-refractivity contribution in [2.45, 2.75) is 26.7 Å². The molecule has 0 atom stereocenters. The summed E-state index contributed by atoms with van der Waals surface area (Å²) in [4.78, 5) is 4.27. The van der Waals surface area contributed by atoms with Crippen molar-refractivity contribution in [1.82, 2.24) is 10.3 Å². The Morgan fingerprint density at radius 3 is 2.63 bits per heavy atom. The molecular weight excluding hydrogens is 262 g/mol. The molecule has 106 valence electrons. The van der Waals surface area contributed by atoms with Crippen molar-refractivity contribution in [3.05, 3.63) is 23.5 Å². The van der Waals surface area contributed by atoms with Gasteiger partial charge in [0, 0.05) is 5.69 Å². The largest absolute Gasteiger partial charge is 0.317 e. The van der Waals surface area contributed by atoms with Gasteiger partial charge in [0.05, 0.1) is 17.1 Å². The second kappa shape index (κ2) is 5.88. The Morgan fingerprint density at radius 2 is 2.00 bits per heavy atom. The Hall–Kier alpha value is -1.14. The van der Waals surface area contributed by atoms with Gasteiger partial charge >= 0.3 is 0 Å². The van der Waals surface area contributed by atoms with Crippen LogP contribution in [0.4, 0.5) is 5.69 Å². The fourth-order valence-corrected chi connectivity index (χ4v) is 3.95. The maximum absolute atomic E-state index is 12.1. The molecular formula is C13H21N3O2S. The van der Waals surface area contributed by atoms with Gasteiger partial charge in [-0.2, -0.15) is 0 Å². The van der Waals surface area contributed by atoms with Gasteiger partial charge in [-0.1, -0.05) is 0 Å². The van der Waals surface area contributed by atoms with Gasteiger partial charge in [-0.05, 0) is 57.8 Å². The van der Waals surface area contributed by atoms with Crippen molar-refractivity contribution < 1.29 is 8.42 Å². The summed E-state index contributed by atoms with van der Waals surface area (Å²) >= 11 is 0. The summed E-state index contributed by atoms with van der Waals surface area (Å²) in [6.07, 6.45) is 1.85. The lowest BCUT2D eigenvalue weighted by Crippen LogP contribution is -2.33. The van der Waals surface area contributed by atoms with Crippen molar-refractivity contribution in [3.8, 4) is 0 Å². The van der Waals surface area contributed by atoms with Crippen LogP contribution in [-0.2, 0) is 10.0 Å². The van der Waals surface area contributed by atoms with Gasteiger partial charge in [0.15, 0.2) is 0 Å². The first-order valence-electron chi connectivity index (χ1n) is 6.62. The highest BCUT2D eigenvalue weighted by Gasteiger charge is 2.21. The molecule has 0 saturated carbocycles. The topological polar surface area (TPSA) is 71.1 Å². The van der Waals surface area contributed by atoms with E-state index in [1.165, 1.54) is 0 Å². The van der Waals surface area contributed by atoms with E-state index in [1.807, 2.05) is 19.9 Å². The summed E-state index contributed by atoms with van der Waals surface area (Å²) in [5.41, 5.74) is 2.19. The van der Waals surface area contributed by atoms with Crippen LogP contribution in [0.15, 0.2) is 12.1 Å². The molecule has 0 bridgehead atoms. The van der Waals surface area contributed by atoms with Gasteiger partial charge in [-0.25, -0.2) is 8.42 Å². The van der Waals surface area contributed by atoms with Crippen molar-refractivity contribution in [2.75, 3.05) is 23.6 Å². The molecule has 5 nitrogen and oxygen atoms in total. The number of rotatable bonds is 4. The van der Waals surface area contributed by atoms with Crippen LogP contribution < -0.4 is 10.0 Å². The molecule has 1 aromatic heterocycles. The van der Waals surface area contributed by atoms with E-state index in [2.05, 4.69) is 15.0 Å². The second-order valence-electron chi connectivity index (χ2n) is 5.16. The Bertz CT molecular complexity index is 537. The van der Waals surface area contributed by atoms with Crippen LogP contribution in [-0.4, -0.2) is 32.2 Å². The Morgan fingerprint density at radius 1 is 1.32 bits per heavy atom. The number of hydrogen-bond donors (Lipinski definition) is 2. The lowest BCUT2D eigenvalue weighted by Gasteiger charge is -2.22. The molecule has 0 aromatic carbocycles. The molecule has 19 heavy (non-hydrogen) atoms. The van der Waals surface area contributed by atoms with E-state index in [9.17, 15) is 8.42 Å². The van der Waals surface area contributed by atoms with Gasteiger partial charge in [0.25, 0.3) is 0 Å². The van der Waals surface area contributed by atoms with Crippen LogP contribution >= 0.6 is 0 Å². The smallest absolute Gasteiger partial charge is 0.233 e. The van der Waals surface area contributed by atoms with E-state index in [-0.39, 0.29) is 11.7 Å². The van der Waals surface area contributed by atoms with E-state index in [1.54, 1.807) is 6.07 Å². The summed E-state index contributed by atoms with van der Waals surface area (Å²) < 4.78 is 26.9. The minimum Gasteiger partial charge on any atom is -0.317 e. The third-order valence-corrected chi connectivity index (χ3v) is 4.85. The zero-order chi connectivity index (χ0) is 13.9. The van der Waals surface area contributed by atoms with E-state index in [0.717, 1.165) is 31.6 Å². The average molecular weight is 283 g/mol. The fourth-order valence-electron chi connectivity index (χ4n) is 2.36. The Kier molecular flexibility index (Phi) is 4.42. The highest BCUT2D eigenvalue weighted by atomic mass is 32.2. The highest BCUT2D eigenvalue weighted by molar-refractivity contribution is 7.92. The van der Waals surface area contributed by atoms with E-state index >= 15 is 0 Å². The van der Waals surface area contributed by atoms with Gasteiger partial charge in [-0.15, -0.1) is 0 Å². The molecule has 2 heterocycles. The molecule has 1 saturated heterocycles. The van der Waals surface area contributed by atoms with Crippen LogP contribution in [0.5, 0.6) is 0 Å². The first-order chi connectivity index (χ1) is 8.96. The van der Waals surface area contributed by atoms with Gasteiger partial charge < -0.3 is 5.32 Å². The van der Waals surface area contributed by atoms with Crippen LogP contribution in [0.2, 0.25) is 0 Å². The van der Waals surface area contributed by atoms with Crippen LogP contribution in [0.1, 0.15) is 24.2 Å². The fraction of sp³-hybridized carbons (Fsp3) is 0.615. The summed E-state index contributed by atoms with van der Waals surface area (Å²) in [5.74, 6) is 0.444. The zero-order valence-electron chi connectivity index (χ0n) is 11.4. The molecule has 0 radical (unpaired) electrons. The molecule has 2 N–H and O–H groups in total. The zero-order valence-corrected chi connectivity index (χ0v) is 12.3. The number of hydrogen-bond acceptors (Lipinski definition) is 4. The maximum atomic E-state index is 12.1. The summed E-state index contributed by atoms with van der Waals surface area (Å²) in [6, 6.07) is 3.59. The Balaban J connectivity index is 2.03. The van der Waals surface area contributed by atoms with Crippen LogP contribution in [0.25, 0.3) is 0 Å². The molecule has 0 unspecified atom stereocenters. The molecule has 1 aromatic rings. The molecule has 2 rings (SSSR count). The standard InChI is InChI=1S/C13H21N3O2S/c1-10-3-4-13(11(2)15-10)16-19(17,18)9-12-5-7-14-8-6-12/h3-4,12,14,16H,5-9H2,1-2H3. The molecule has 0 amide bonds. The number of piperidine rings is 1. The quantitative estimate of drug-likeness (QED) is 0.877. The Labute approximate surface area is 114 Å². The predicted molar refractivity (Wildman–Crippen MR) is 76.7 cm³/mol. The van der Waals surface area contributed by atoms with Crippen molar-refractivity contribution in [3.63, 3.8) is 0 Å². The predicted octanol–water partition coefficient (Wildman–Crippen LogP) is 1.44. The third-order valence-electron chi connectivity index (χ3n) is 3.40. The molecule has 0 spiro atoms. The number of anilines is 1. The number of sulfonamides is 1. The van der Waals surface area contributed by atoms with Crippen LogP contribution in [0.3, 0.4) is 0 Å². The molecule has 6 heteroatoms. The van der Waals surface area contributed by atoms with Crippen molar-refractivity contribution in [2.24, 2.45) is 5.92 Å². The first-order valence-corrected chi connectivity index (χ1v) is 8.27. The lowest BCUT2D eigenvalue weighted by molar-refractivity contribution is 0.402. The lowest BCUT2D eigenvalue weighted by atomic mass is 10.0. The van der Waals surface area contributed by atoms with E-state index in [4.69, 9.17) is 0 Å². The molecule has 1 fully saturated rings. The molecule has 1 aliphatic rings. The van der Waals surface area contributed by atoms with Crippen LogP contribution in [0, 0.1) is 19.8 Å². The van der Waals surface area contributed by atoms with E-state index in [0.29, 0.717) is 11.4 Å². The number of aryl methyl sites for hydroxylation is 2. The summed E-state index contributed by atoms with van der Waals surface area (Å²) in [6.45, 7) is 5.52. The van der Waals surface area contributed by atoms with E-state index < -0.39 is 10.0 Å². The first kappa shape index (κ1) is 14.3. The monoisotopic (exact) mass is 283 g/mol. The van der Waals surface area contributed by atoms with Gasteiger partial charge in [0.2, 0.25) is 10.0 Å². The third kappa shape index (κ3) is 4.18.